The minimum Gasteiger partial charge on any atom is -0.292 e. The van der Waals surface area contributed by atoms with E-state index in [4.69, 9.17) is 0 Å². The summed E-state index contributed by atoms with van der Waals surface area (Å²) >= 11 is 3.44. The average Bonchev–Trinajstić information content (AvgIpc) is 3.12. The van der Waals surface area contributed by atoms with Crippen molar-refractivity contribution >= 4 is 37.7 Å². The molecule has 0 radical (unpaired) electrons. The lowest BCUT2D eigenvalue weighted by Gasteiger charge is -2.20. The van der Waals surface area contributed by atoms with Gasteiger partial charge in [0.15, 0.2) is 6.17 Å². The van der Waals surface area contributed by atoms with Crippen LogP contribution in [-0.2, 0) is 5.41 Å². The third kappa shape index (κ3) is 3.61. The van der Waals surface area contributed by atoms with E-state index >= 15 is 4.39 Å². The van der Waals surface area contributed by atoms with Crippen molar-refractivity contribution in [3.63, 3.8) is 0 Å². The number of pyridine rings is 2. The second-order valence-electron chi connectivity index (χ2n) is 9.08. The number of hydrogen-bond donors (Lipinski definition) is 0. The van der Waals surface area contributed by atoms with E-state index in [1.165, 1.54) is 5.56 Å². The first-order valence-corrected chi connectivity index (χ1v) is 11.4. The molecule has 0 saturated heterocycles. The van der Waals surface area contributed by atoms with Crippen LogP contribution in [0.3, 0.4) is 0 Å². The maximum Gasteiger partial charge on any atom is 0.150 e. The number of nitrogens with zero attached hydrogens (tertiary/aromatic N) is 3. The molecule has 0 N–H and O–H groups in total. The van der Waals surface area contributed by atoms with Crippen LogP contribution in [-0.4, -0.2) is 14.5 Å². The number of alkyl halides is 1. The molecule has 32 heavy (non-hydrogen) atoms. The molecule has 5 aromatic rings. The van der Waals surface area contributed by atoms with Crippen LogP contribution in [0.1, 0.15) is 43.6 Å². The van der Waals surface area contributed by atoms with E-state index in [0.29, 0.717) is 11.1 Å². The van der Waals surface area contributed by atoms with E-state index in [0.717, 1.165) is 32.1 Å². The van der Waals surface area contributed by atoms with Gasteiger partial charge < -0.3 is 0 Å². The van der Waals surface area contributed by atoms with E-state index < -0.39 is 6.17 Å². The highest BCUT2D eigenvalue weighted by molar-refractivity contribution is 9.10. The van der Waals surface area contributed by atoms with Crippen LogP contribution >= 0.6 is 15.9 Å². The van der Waals surface area contributed by atoms with Gasteiger partial charge in [0.05, 0.1) is 17.2 Å². The molecule has 3 nitrogen and oxygen atoms in total. The van der Waals surface area contributed by atoms with E-state index in [1.807, 2.05) is 67.0 Å². The second-order valence-corrected chi connectivity index (χ2v) is 9.99. The molecule has 0 spiro atoms. The van der Waals surface area contributed by atoms with Gasteiger partial charge in [-0.15, -0.1) is 0 Å². The van der Waals surface area contributed by atoms with Crippen LogP contribution in [0.5, 0.6) is 0 Å². The highest BCUT2D eigenvalue weighted by Gasteiger charge is 2.20. The first-order valence-electron chi connectivity index (χ1n) is 10.6. The fraction of sp³-hybridized carbons (Fsp3) is 0.185. The van der Waals surface area contributed by atoms with E-state index in [-0.39, 0.29) is 5.41 Å². The third-order valence-electron chi connectivity index (χ3n) is 5.87. The molecule has 1 atom stereocenters. The Balaban J connectivity index is 1.75. The van der Waals surface area contributed by atoms with Gasteiger partial charge >= 0.3 is 0 Å². The molecule has 3 aromatic heterocycles. The van der Waals surface area contributed by atoms with Gasteiger partial charge in [0.1, 0.15) is 5.82 Å². The Morgan fingerprint density at radius 2 is 1.66 bits per heavy atom. The number of hydrogen-bond acceptors (Lipinski definition) is 2. The lowest BCUT2D eigenvalue weighted by molar-refractivity contribution is 0.402. The molecule has 0 saturated carbocycles. The van der Waals surface area contributed by atoms with Crippen LogP contribution in [0.4, 0.5) is 4.39 Å². The Kier molecular flexibility index (Phi) is 5.09. The quantitative estimate of drug-likeness (QED) is 0.261. The van der Waals surface area contributed by atoms with Crippen LogP contribution < -0.4 is 0 Å². The summed E-state index contributed by atoms with van der Waals surface area (Å²) in [5.41, 5.74) is 4.29. The summed E-state index contributed by atoms with van der Waals surface area (Å²) in [4.78, 5) is 9.03. The summed E-state index contributed by atoms with van der Waals surface area (Å²) in [5.74, 6) is 0.806. The molecule has 2 aromatic carbocycles. The molecule has 3 heterocycles. The van der Waals surface area contributed by atoms with Crippen LogP contribution in [0.2, 0.25) is 0 Å². The molecule has 0 fully saturated rings. The molecule has 0 amide bonds. The third-order valence-corrected chi connectivity index (χ3v) is 6.36. The number of aromatic nitrogens is 3. The zero-order valence-corrected chi connectivity index (χ0v) is 19.8. The first-order chi connectivity index (χ1) is 15.3. The molecule has 0 bridgehead atoms. The van der Waals surface area contributed by atoms with Crippen LogP contribution in [0, 0.1) is 0 Å². The molecule has 160 valence electrons. The van der Waals surface area contributed by atoms with Crippen molar-refractivity contribution in [1.82, 2.24) is 14.5 Å². The van der Waals surface area contributed by atoms with Crippen molar-refractivity contribution < 1.29 is 4.39 Å². The van der Waals surface area contributed by atoms with Gasteiger partial charge in [-0.3, -0.25) is 9.55 Å². The summed E-state index contributed by atoms with van der Waals surface area (Å²) < 4.78 is 18.5. The van der Waals surface area contributed by atoms with Gasteiger partial charge in [-0.2, -0.15) is 0 Å². The number of halogens is 2. The molecule has 0 aliphatic rings. The monoisotopic (exact) mass is 487 g/mol. The maximum atomic E-state index is 15.5. The van der Waals surface area contributed by atoms with Gasteiger partial charge in [0, 0.05) is 27.6 Å². The second kappa shape index (κ2) is 7.82. The van der Waals surface area contributed by atoms with Crippen LogP contribution in [0.25, 0.3) is 27.6 Å². The highest BCUT2D eigenvalue weighted by atomic mass is 79.9. The molecule has 0 aliphatic carbocycles. The minimum absolute atomic E-state index is 0.00934. The number of rotatable bonds is 3. The van der Waals surface area contributed by atoms with Crippen molar-refractivity contribution in [3.05, 3.63) is 100 Å². The Morgan fingerprint density at radius 1 is 0.875 bits per heavy atom. The Morgan fingerprint density at radius 3 is 2.44 bits per heavy atom. The average molecular weight is 488 g/mol. The molecular weight excluding hydrogens is 465 g/mol. The van der Waals surface area contributed by atoms with Gasteiger partial charge in [-0.05, 0) is 58.5 Å². The Labute approximate surface area is 195 Å². The highest BCUT2D eigenvalue weighted by Crippen LogP contribution is 2.36. The summed E-state index contributed by atoms with van der Waals surface area (Å²) in [7, 11) is 0. The van der Waals surface area contributed by atoms with Crippen molar-refractivity contribution in [2.45, 2.75) is 32.4 Å². The standard InChI is InChI=1S/C27H23BrFN3/c1-27(2,3)19-9-12-31-25(15-19)32-23-14-18(26(29)17-5-4-6-20(28)13-17)7-8-21(23)22-10-11-30-16-24(22)32/h4-16,26H,1-3H3. The van der Waals surface area contributed by atoms with E-state index in [9.17, 15) is 0 Å². The van der Waals surface area contributed by atoms with E-state index in [1.54, 1.807) is 6.20 Å². The van der Waals surface area contributed by atoms with Gasteiger partial charge in [-0.1, -0.05) is 61.0 Å². The van der Waals surface area contributed by atoms with Crippen molar-refractivity contribution in [1.29, 1.82) is 0 Å². The number of benzene rings is 2. The summed E-state index contributed by atoms with van der Waals surface area (Å²) in [6, 6.07) is 19.4. The molecular formula is C27H23BrFN3. The van der Waals surface area contributed by atoms with Crippen LogP contribution in [0.15, 0.2) is 83.7 Å². The zero-order valence-electron chi connectivity index (χ0n) is 18.2. The van der Waals surface area contributed by atoms with Gasteiger partial charge in [0.25, 0.3) is 0 Å². The molecule has 1 unspecified atom stereocenters. The van der Waals surface area contributed by atoms with Crippen molar-refractivity contribution in [2.24, 2.45) is 0 Å². The zero-order chi connectivity index (χ0) is 22.5. The van der Waals surface area contributed by atoms with Gasteiger partial charge in [-0.25, -0.2) is 9.37 Å². The fourth-order valence-electron chi connectivity index (χ4n) is 4.15. The SMILES string of the molecule is CC(C)(C)c1ccnc(-n2c3cnccc3c3ccc(C(F)c4cccc(Br)c4)cc32)c1. The van der Waals surface area contributed by atoms with Crippen molar-refractivity contribution in [2.75, 3.05) is 0 Å². The smallest absolute Gasteiger partial charge is 0.150 e. The number of fused-ring (bicyclic) bond motifs is 3. The predicted molar refractivity (Wildman–Crippen MR) is 132 cm³/mol. The molecule has 5 heteroatoms. The minimum atomic E-state index is -1.23. The summed E-state index contributed by atoms with van der Waals surface area (Å²) in [6.07, 6.45) is 4.25. The van der Waals surface area contributed by atoms with E-state index in [2.05, 4.69) is 57.3 Å². The summed E-state index contributed by atoms with van der Waals surface area (Å²) in [6.45, 7) is 6.55. The van der Waals surface area contributed by atoms with Crippen molar-refractivity contribution in [3.8, 4) is 5.82 Å². The van der Waals surface area contributed by atoms with Gasteiger partial charge in [0.2, 0.25) is 0 Å². The Bertz CT molecular complexity index is 1450. The lowest BCUT2D eigenvalue weighted by Crippen LogP contribution is -2.12. The lowest BCUT2D eigenvalue weighted by atomic mass is 9.88. The summed E-state index contributed by atoms with van der Waals surface area (Å²) in [5, 5.41) is 2.12. The normalized spacial score (nSPS) is 13.0. The largest absolute Gasteiger partial charge is 0.292 e. The predicted octanol–water partition coefficient (Wildman–Crippen LogP) is 7.69. The molecule has 0 aliphatic heterocycles. The molecule has 5 rings (SSSR count). The Hall–Kier alpha value is -3.05. The first kappa shape index (κ1) is 20.8. The fourth-order valence-corrected chi connectivity index (χ4v) is 4.57. The topological polar surface area (TPSA) is 30.7 Å². The maximum absolute atomic E-state index is 15.5.